The van der Waals surface area contributed by atoms with E-state index in [0.717, 1.165) is 49.4 Å². The minimum Gasteiger partial charge on any atom is -0.438 e. The van der Waals surface area contributed by atoms with Gasteiger partial charge < -0.3 is 15.0 Å². The van der Waals surface area contributed by atoms with Crippen LogP contribution in [-0.4, -0.2) is 40.3 Å². The van der Waals surface area contributed by atoms with E-state index in [1.165, 1.54) is 11.1 Å². The van der Waals surface area contributed by atoms with E-state index >= 15 is 0 Å². The molecule has 2 heterocycles. The highest BCUT2D eigenvalue weighted by atomic mass is 16.5. The number of carbonyl (C=O) groups is 1. The normalized spacial score (nSPS) is 19.7. The summed E-state index contributed by atoms with van der Waals surface area (Å²) >= 11 is 0. The second kappa shape index (κ2) is 9.45. The number of amides is 2. The minimum atomic E-state index is 0.0621. The van der Waals surface area contributed by atoms with Gasteiger partial charge in [-0.1, -0.05) is 54.1 Å². The highest BCUT2D eigenvalue weighted by molar-refractivity contribution is 5.75. The number of aromatic nitrogens is 2. The lowest BCUT2D eigenvalue weighted by Gasteiger charge is -2.28. The van der Waals surface area contributed by atoms with Crippen molar-refractivity contribution < 1.29 is 9.53 Å². The molecule has 2 aromatic carbocycles. The van der Waals surface area contributed by atoms with Crippen LogP contribution in [0.15, 0.2) is 72.3 Å². The molecule has 5 rings (SSSR count). The average Bonchev–Trinajstić information content (AvgIpc) is 3.61. The van der Waals surface area contributed by atoms with Crippen LogP contribution in [-0.2, 0) is 0 Å². The zero-order chi connectivity index (χ0) is 22.6. The van der Waals surface area contributed by atoms with Crippen LogP contribution >= 0.6 is 0 Å². The quantitative estimate of drug-likeness (QED) is 0.583. The second-order valence-electron chi connectivity index (χ2n) is 8.79. The number of aryl methyl sites for hydroxylation is 1. The van der Waals surface area contributed by atoms with Crippen molar-refractivity contribution in [2.75, 3.05) is 13.1 Å². The Hall–Kier alpha value is -3.67. The molecule has 1 aromatic heterocycles. The number of rotatable bonds is 5. The van der Waals surface area contributed by atoms with Crippen LogP contribution in [0.3, 0.4) is 0 Å². The third kappa shape index (κ3) is 5.40. The molecular formula is C27H28N4O2. The Bertz CT molecular complexity index is 1130. The second-order valence-corrected chi connectivity index (χ2v) is 8.79. The zero-order valence-electron chi connectivity index (χ0n) is 18.8. The van der Waals surface area contributed by atoms with Crippen molar-refractivity contribution in [2.45, 2.75) is 38.1 Å². The molecule has 168 valence electrons. The molecule has 1 N–H and O–H groups in total. The van der Waals surface area contributed by atoms with Gasteiger partial charge in [0, 0.05) is 31.1 Å². The van der Waals surface area contributed by atoms with Crippen molar-refractivity contribution in [2.24, 2.45) is 0 Å². The van der Waals surface area contributed by atoms with Crippen LogP contribution in [0.4, 0.5) is 4.79 Å². The number of benzene rings is 2. The highest BCUT2D eigenvalue weighted by Gasteiger charge is 2.40. The summed E-state index contributed by atoms with van der Waals surface area (Å²) in [4.78, 5) is 14.6. The van der Waals surface area contributed by atoms with Gasteiger partial charge in [0.25, 0.3) is 0 Å². The number of carbonyl (C=O) groups excluding carboxylic acids is 1. The summed E-state index contributed by atoms with van der Waals surface area (Å²) in [6.07, 6.45) is 5.00. The van der Waals surface area contributed by atoms with Gasteiger partial charge in [-0.3, -0.25) is 0 Å². The van der Waals surface area contributed by atoms with Crippen molar-refractivity contribution in [3.05, 3.63) is 89.1 Å². The van der Waals surface area contributed by atoms with Crippen LogP contribution in [0.1, 0.15) is 42.0 Å². The van der Waals surface area contributed by atoms with Crippen LogP contribution in [0.25, 0.3) is 6.08 Å². The molecule has 2 aliphatic rings. The fourth-order valence-corrected chi connectivity index (χ4v) is 4.28. The van der Waals surface area contributed by atoms with Crippen LogP contribution in [0.5, 0.6) is 11.6 Å². The monoisotopic (exact) mass is 440 g/mol. The summed E-state index contributed by atoms with van der Waals surface area (Å²) in [6.45, 7) is 3.39. The Balaban J connectivity index is 1.13. The van der Waals surface area contributed by atoms with Gasteiger partial charge in [0.1, 0.15) is 5.75 Å². The average molecular weight is 441 g/mol. The van der Waals surface area contributed by atoms with Crippen molar-refractivity contribution in [1.29, 1.82) is 0 Å². The first kappa shape index (κ1) is 21.2. The maximum Gasteiger partial charge on any atom is 0.317 e. The first-order valence-electron chi connectivity index (χ1n) is 11.5. The number of likely N-dealkylation sites (tertiary alicyclic amines) is 1. The van der Waals surface area contributed by atoms with Gasteiger partial charge in [-0.05, 0) is 55.5 Å². The molecule has 2 amide bonds. The predicted octanol–water partition coefficient (Wildman–Crippen LogP) is 5.32. The van der Waals surface area contributed by atoms with Crippen molar-refractivity contribution >= 4 is 12.1 Å². The van der Waals surface area contributed by atoms with E-state index in [4.69, 9.17) is 4.74 Å². The molecule has 1 aliphatic heterocycles. The fourth-order valence-electron chi connectivity index (χ4n) is 4.28. The maximum atomic E-state index is 12.7. The number of nitrogens with one attached hydrogen (secondary N) is 1. The highest BCUT2D eigenvalue weighted by Crippen LogP contribution is 2.40. The first-order chi connectivity index (χ1) is 16.1. The number of hydrogen-bond acceptors (Lipinski definition) is 4. The SMILES string of the molecule is Cc1ccc(Oc2cccc(C=C3CCN(C(=O)NC4CC4c4ccccc4)CC3)c2)nn1. The van der Waals surface area contributed by atoms with Crippen molar-refractivity contribution in [3.8, 4) is 11.6 Å². The summed E-state index contributed by atoms with van der Waals surface area (Å²) in [5.41, 5.74) is 4.60. The van der Waals surface area contributed by atoms with Crippen molar-refractivity contribution in [3.63, 3.8) is 0 Å². The summed E-state index contributed by atoms with van der Waals surface area (Å²) in [5.74, 6) is 1.67. The van der Waals surface area contributed by atoms with Gasteiger partial charge in [0.05, 0.1) is 5.69 Å². The number of nitrogens with zero attached hydrogens (tertiary/aromatic N) is 3. The van der Waals surface area contributed by atoms with E-state index < -0.39 is 0 Å². The molecular weight excluding hydrogens is 412 g/mol. The number of piperidine rings is 1. The van der Waals surface area contributed by atoms with Gasteiger partial charge >= 0.3 is 6.03 Å². The summed E-state index contributed by atoms with van der Waals surface area (Å²) < 4.78 is 5.83. The third-order valence-electron chi connectivity index (χ3n) is 6.24. The molecule has 1 saturated heterocycles. The third-order valence-corrected chi connectivity index (χ3v) is 6.24. The molecule has 2 fully saturated rings. The maximum absolute atomic E-state index is 12.7. The van der Waals surface area contributed by atoms with E-state index in [-0.39, 0.29) is 12.1 Å². The van der Waals surface area contributed by atoms with E-state index in [1.807, 2.05) is 48.2 Å². The Labute approximate surface area is 194 Å². The Morgan fingerprint density at radius 2 is 1.85 bits per heavy atom. The molecule has 6 heteroatoms. The molecule has 1 saturated carbocycles. The number of hydrogen-bond donors (Lipinski definition) is 1. The molecule has 33 heavy (non-hydrogen) atoms. The molecule has 6 nitrogen and oxygen atoms in total. The fraction of sp³-hybridized carbons (Fsp3) is 0.296. The molecule has 2 unspecified atom stereocenters. The van der Waals surface area contributed by atoms with E-state index in [1.54, 1.807) is 0 Å². The van der Waals surface area contributed by atoms with Crippen LogP contribution in [0.2, 0.25) is 0 Å². The van der Waals surface area contributed by atoms with Crippen LogP contribution in [0, 0.1) is 6.92 Å². The first-order valence-corrected chi connectivity index (χ1v) is 11.5. The standard InChI is InChI=1S/C27H28N4O2/c1-19-10-11-26(30-29-19)33-23-9-5-6-21(17-23)16-20-12-14-31(15-13-20)27(32)28-25-18-24(25)22-7-3-2-4-8-22/h2-11,16-17,24-25H,12-15,18H2,1H3,(H,28,32). The molecule has 1 aliphatic carbocycles. The Morgan fingerprint density at radius 1 is 1.03 bits per heavy atom. The predicted molar refractivity (Wildman–Crippen MR) is 128 cm³/mol. The van der Waals surface area contributed by atoms with Crippen LogP contribution < -0.4 is 10.1 Å². The van der Waals surface area contributed by atoms with Gasteiger partial charge in [0.2, 0.25) is 5.88 Å². The van der Waals surface area contributed by atoms with E-state index in [9.17, 15) is 4.79 Å². The topological polar surface area (TPSA) is 67.3 Å². The molecule has 0 spiro atoms. The van der Waals surface area contributed by atoms with Gasteiger partial charge in [-0.2, -0.15) is 5.10 Å². The van der Waals surface area contributed by atoms with Gasteiger partial charge in [-0.25, -0.2) is 4.79 Å². The van der Waals surface area contributed by atoms with Gasteiger partial charge in [0.15, 0.2) is 0 Å². The number of ether oxygens (including phenoxy) is 1. The van der Waals surface area contributed by atoms with Gasteiger partial charge in [-0.15, -0.1) is 5.10 Å². The van der Waals surface area contributed by atoms with E-state index in [0.29, 0.717) is 11.8 Å². The molecule has 3 aromatic rings. The summed E-state index contributed by atoms with van der Waals surface area (Å²) in [7, 11) is 0. The van der Waals surface area contributed by atoms with Crippen molar-refractivity contribution in [1.82, 2.24) is 20.4 Å². The summed E-state index contributed by atoms with van der Waals surface area (Å²) in [6, 6.07) is 22.4. The lowest BCUT2D eigenvalue weighted by atomic mass is 10.0. The smallest absolute Gasteiger partial charge is 0.317 e. The Morgan fingerprint density at radius 3 is 2.61 bits per heavy atom. The zero-order valence-corrected chi connectivity index (χ0v) is 18.8. The Kier molecular flexibility index (Phi) is 6.07. The lowest BCUT2D eigenvalue weighted by molar-refractivity contribution is 0.193. The molecule has 0 bridgehead atoms. The lowest BCUT2D eigenvalue weighted by Crippen LogP contribution is -2.44. The minimum absolute atomic E-state index is 0.0621. The molecule has 2 atom stereocenters. The summed E-state index contributed by atoms with van der Waals surface area (Å²) in [5, 5.41) is 11.3. The molecule has 0 radical (unpaired) electrons. The largest absolute Gasteiger partial charge is 0.438 e. The van der Waals surface area contributed by atoms with E-state index in [2.05, 4.69) is 51.9 Å². The number of urea groups is 1.